The fourth-order valence-electron chi connectivity index (χ4n) is 4.08. The molecule has 0 bridgehead atoms. The zero-order valence-electron chi connectivity index (χ0n) is 16.2. The van der Waals surface area contributed by atoms with Crippen molar-refractivity contribution in [3.63, 3.8) is 0 Å². The number of hydrogen-bond acceptors (Lipinski definition) is 4. The summed E-state index contributed by atoms with van der Waals surface area (Å²) in [5.41, 5.74) is 3.94. The minimum atomic E-state index is -0.216. The van der Waals surface area contributed by atoms with E-state index in [2.05, 4.69) is 13.0 Å². The lowest BCUT2D eigenvalue weighted by Crippen LogP contribution is -2.48. The Hall–Kier alpha value is -2.86. The first-order valence-corrected chi connectivity index (χ1v) is 10.6. The summed E-state index contributed by atoms with van der Waals surface area (Å²) in [6.45, 7) is 4.99. The molecule has 0 unspecified atom stereocenters. The molecule has 3 aromatic rings. The first-order valence-electron chi connectivity index (χ1n) is 9.76. The summed E-state index contributed by atoms with van der Waals surface area (Å²) in [6, 6.07) is 14.8. The van der Waals surface area contributed by atoms with E-state index in [-0.39, 0.29) is 11.7 Å². The Bertz CT molecular complexity index is 1090. The molecule has 1 fully saturated rings. The second kappa shape index (κ2) is 7.19. The molecule has 0 radical (unpaired) electrons. The van der Waals surface area contributed by atoms with Crippen LogP contribution in [0.1, 0.15) is 20.8 Å². The molecule has 1 saturated heterocycles. The Morgan fingerprint density at radius 1 is 1.07 bits per heavy atom. The minimum Gasteiger partial charge on any atom is -0.488 e. The largest absolute Gasteiger partial charge is 0.488 e. The summed E-state index contributed by atoms with van der Waals surface area (Å²) >= 11 is 1.55. The van der Waals surface area contributed by atoms with Crippen molar-refractivity contribution in [1.29, 1.82) is 0 Å². The molecule has 1 aromatic heterocycles. The van der Waals surface area contributed by atoms with Crippen LogP contribution in [0.4, 0.5) is 10.1 Å². The molecule has 4 nitrogen and oxygen atoms in total. The number of thiophene rings is 1. The maximum Gasteiger partial charge on any atom is 0.264 e. The van der Waals surface area contributed by atoms with Gasteiger partial charge < -0.3 is 14.5 Å². The molecule has 0 saturated carbocycles. The molecule has 1 amide bonds. The number of benzene rings is 2. The fraction of sp³-hybridized carbons (Fsp3) is 0.261. The maximum atomic E-state index is 14.0. The average molecular weight is 408 g/mol. The van der Waals surface area contributed by atoms with Crippen LogP contribution in [0.2, 0.25) is 0 Å². The number of ether oxygens (including phenoxy) is 1. The van der Waals surface area contributed by atoms with Crippen LogP contribution in [0.25, 0.3) is 10.4 Å². The number of piperazine rings is 1. The Balaban J connectivity index is 1.34. The quantitative estimate of drug-likeness (QED) is 0.615. The molecule has 2 aromatic carbocycles. The number of aryl methyl sites for hydroxylation is 1. The molecule has 6 heteroatoms. The van der Waals surface area contributed by atoms with Crippen molar-refractivity contribution < 1.29 is 13.9 Å². The Kier molecular flexibility index (Phi) is 4.51. The van der Waals surface area contributed by atoms with Crippen molar-refractivity contribution in [2.45, 2.75) is 13.5 Å². The molecular weight excluding hydrogens is 387 g/mol. The van der Waals surface area contributed by atoms with E-state index in [0.29, 0.717) is 38.5 Å². The van der Waals surface area contributed by atoms with E-state index in [1.54, 1.807) is 23.5 Å². The number of halogens is 1. The summed E-state index contributed by atoms with van der Waals surface area (Å²) < 4.78 is 19.9. The number of anilines is 1. The summed E-state index contributed by atoms with van der Waals surface area (Å²) in [6.07, 6.45) is 0. The first-order chi connectivity index (χ1) is 14.1. The lowest BCUT2D eigenvalue weighted by Gasteiger charge is -2.36. The number of carbonyl (C=O) groups is 1. The molecular formula is C23H21FN2O2S. The Morgan fingerprint density at radius 3 is 2.66 bits per heavy atom. The van der Waals surface area contributed by atoms with Gasteiger partial charge in [0, 0.05) is 42.2 Å². The predicted molar refractivity (Wildman–Crippen MR) is 113 cm³/mol. The zero-order valence-corrected chi connectivity index (χ0v) is 17.0. The van der Waals surface area contributed by atoms with Gasteiger partial charge in [-0.1, -0.05) is 24.3 Å². The minimum absolute atomic E-state index is 0.0488. The van der Waals surface area contributed by atoms with E-state index in [1.165, 1.54) is 6.07 Å². The van der Waals surface area contributed by atoms with Gasteiger partial charge in [-0.05, 0) is 36.8 Å². The number of fused-ring (bicyclic) bond motifs is 3. The van der Waals surface area contributed by atoms with E-state index in [1.807, 2.05) is 34.1 Å². The summed E-state index contributed by atoms with van der Waals surface area (Å²) in [7, 11) is 0. The van der Waals surface area contributed by atoms with Crippen molar-refractivity contribution in [3.05, 3.63) is 70.4 Å². The van der Waals surface area contributed by atoms with Crippen LogP contribution >= 0.6 is 11.3 Å². The van der Waals surface area contributed by atoms with Gasteiger partial charge in [-0.2, -0.15) is 0 Å². The van der Waals surface area contributed by atoms with Crippen LogP contribution in [0, 0.1) is 12.7 Å². The fourth-order valence-corrected chi connectivity index (χ4v) is 5.33. The molecule has 2 aliphatic rings. The zero-order chi connectivity index (χ0) is 20.0. The smallest absolute Gasteiger partial charge is 0.264 e. The standard InChI is InChI=1S/C23H21FN2O2S/c1-15-5-4-8-19-21(15)22-16(14-28-19)13-20(29-22)23(27)26-11-9-25(10-12-26)18-7-3-2-6-17(18)24/h2-8,13H,9-12,14H2,1H3. The number of hydrogen-bond donors (Lipinski definition) is 0. The van der Waals surface area contributed by atoms with Gasteiger partial charge in [-0.25, -0.2) is 4.39 Å². The van der Waals surface area contributed by atoms with Gasteiger partial charge in [-0.15, -0.1) is 11.3 Å². The summed E-state index contributed by atoms with van der Waals surface area (Å²) in [5, 5.41) is 0. The average Bonchev–Trinajstić information content (AvgIpc) is 3.18. The van der Waals surface area contributed by atoms with Gasteiger partial charge >= 0.3 is 0 Å². The topological polar surface area (TPSA) is 32.8 Å². The second-order valence-electron chi connectivity index (χ2n) is 7.43. The molecule has 0 aliphatic carbocycles. The monoisotopic (exact) mass is 408 g/mol. The highest BCUT2D eigenvalue weighted by molar-refractivity contribution is 7.17. The van der Waals surface area contributed by atoms with Gasteiger partial charge in [0.2, 0.25) is 0 Å². The van der Waals surface area contributed by atoms with Crippen molar-refractivity contribution >= 4 is 22.9 Å². The molecule has 29 heavy (non-hydrogen) atoms. The van der Waals surface area contributed by atoms with Crippen LogP contribution in [-0.4, -0.2) is 37.0 Å². The Labute approximate surface area is 173 Å². The van der Waals surface area contributed by atoms with Gasteiger partial charge in [0.05, 0.1) is 10.6 Å². The highest BCUT2D eigenvalue weighted by atomic mass is 32.1. The third-order valence-corrected chi connectivity index (χ3v) is 6.81. The number of amides is 1. The van der Waals surface area contributed by atoms with Crippen molar-refractivity contribution in [3.8, 4) is 16.2 Å². The number of rotatable bonds is 2. The molecule has 0 spiro atoms. The van der Waals surface area contributed by atoms with Crippen LogP contribution in [0.15, 0.2) is 48.5 Å². The van der Waals surface area contributed by atoms with Crippen molar-refractivity contribution in [2.24, 2.45) is 0 Å². The Morgan fingerprint density at radius 2 is 1.86 bits per heavy atom. The number of para-hydroxylation sites is 1. The van der Waals surface area contributed by atoms with Crippen LogP contribution in [-0.2, 0) is 6.61 Å². The molecule has 0 atom stereocenters. The lowest BCUT2D eigenvalue weighted by atomic mass is 10.0. The first kappa shape index (κ1) is 18.2. The SMILES string of the molecule is Cc1cccc2c1-c1sc(C(=O)N3CCN(c4ccccc4F)CC3)cc1CO2. The van der Waals surface area contributed by atoms with Gasteiger partial charge in [0.15, 0.2) is 0 Å². The predicted octanol–water partition coefficient (Wildman–Crippen LogP) is 4.72. The lowest BCUT2D eigenvalue weighted by molar-refractivity contribution is 0.0751. The third-order valence-electron chi connectivity index (χ3n) is 5.62. The van der Waals surface area contributed by atoms with Crippen LogP contribution in [0.3, 0.4) is 0 Å². The van der Waals surface area contributed by atoms with Gasteiger partial charge in [-0.3, -0.25) is 4.79 Å². The normalized spacial score (nSPS) is 15.5. The molecule has 2 aliphatic heterocycles. The molecule has 3 heterocycles. The highest BCUT2D eigenvalue weighted by Gasteiger charge is 2.28. The summed E-state index contributed by atoms with van der Waals surface area (Å²) in [4.78, 5) is 18.9. The van der Waals surface area contributed by atoms with Gasteiger partial charge in [0.1, 0.15) is 18.2 Å². The van der Waals surface area contributed by atoms with Crippen LogP contribution in [0.5, 0.6) is 5.75 Å². The van der Waals surface area contributed by atoms with E-state index in [0.717, 1.165) is 32.2 Å². The van der Waals surface area contributed by atoms with Gasteiger partial charge in [0.25, 0.3) is 5.91 Å². The van der Waals surface area contributed by atoms with Crippen molar-refractivity contribution in [1.82, 2.24) is 4.90 Å². The second-order valence-corrected chi connectivity index (χ2v) is 8.48. The molecule has 148 valence electrons. The third kappa shape index (κ3) is 3.17. The maximum absolute atomic E-state index is 14.0. The van der Waals surface area contributed by atoms with E-state index in [4.69, 9.17) is 4.74 Å². The van der Waals surface area contributed by atoms with Crippen LogP contribution < -0.4 is 9.64 Å². The highest BCUT2D eigenvalue weighted by Crippen LogP contribution is 2.44. The number of nitrogens with zero attached hydrogens (tertiary/aromatic N) is 2. The van der Waals surface area contributed by atoms with E-state index < -0.39 is 0 Å². The number of carbonyl (C=O) groups excluding carboxylic acids is 1. The van der Waals surface area contributed by atoms with E-state index >= 15 is 0 Å². The summed E-state index contributed by atoms with van der Waals surface area (Å²) in [5.74, 6) is 0.719. The molecule has 5 rings (SSSR count). The van der Waals surface area contributed by atoms with Crippen molar-refractivity contribution in [2.75, 3.05) is 31.1 Å². The van der Waals surface area contributed by atoms with E-state index in [9.17, 15) is 9.18 Å². The molecule has 0 N–H and O–H groups in total.